The fourth-order valence-corrected chi connectivity index (χ4v) is 2.31. The van der Waals surface area contributed by atoms with Crippen LogP contribution >= 0.6 is 0 Å². The van der Waals surface area contributed by atoms with Gasteiger partial charge in [-0.1, -0.05) is 74.5 Å². The summed E-state index contributed by atoms with van der Waals surface area (Å²) in [5.41, 5.74) is 3.33. The lowest BCUT2D eigenvalue weighted by Crippen LogP contribution is -1.98. The summed E-state index contributed by atoms with van der Waals surface area (Å²) >= 11 is 0. The van der Waals surface area contributed by atoms with Crippen LogP contribution in [0.4, 0.5) is 0 Å². The molecular formula is C19H22O. The van der Waals surface area contributed by atoms with Crippen molar-refractivity contribution in [3.05, 3.63) is 77.9 Å². The third-order valence-corrected chi connectivity index (χ3v) is 3.27. The molecule has 0 spiro atoms. The lowest BCUT2D eigenvalue weighted by molar-refractivity contribution is 0.229. The maximum Gasteiger partial charge on any atom is 0.0977 e. The van der Waals surface area contributed by atoms with Crippen LogP contribution in [-0.2, 0) is 0 Å². The molecule has 2 aromatic rings. The number of aliphatic hydroxyl groups excluding tert-OH is 1. The molecule has 0 heterocycles. The number of aliphatic hydroxyl groups is 1. The molecule has 2 rings (SSSR count). The lowest BCUT2D eigenvalue weighted by Gasteiger charge is -2.14. The molecule has 1 heteroatoms. The smallest absolute Gasteiger partial charge is 0.0977 e. The first kappa shape index (κ1) is 14.5. The van der Waals surface area contributed by atoms with Crippen molar-refractivity contribution in [3.63, 3.8) is 0 Å². The Morgan fingerprint density at radius 3 is 2.05 bits per heavy atom. The van der Waals surface area contributed by atoms with Gasteiger partial charge in [0.05, 0.1) is 6.10 Å². The predicted molar refractivity (Wildman–Crippen MR) is 85.3 cm³/mol. The summed E-state index contributed by atoms with van der Waals surface area (Å²) in [5, 5.41) is 10.4. The maximum absolute atomic E-state index is 10.4. The van der Waals surface area contributed by atoms with E-state index < -0.39 is 6.10 Å². The highest BCUT2D eigenvalue weighted by Crippen LogP contribution is 2.26. The number of benzene rings is 2. The van der Waals surface area contributed by atoms with Gasteiger partial charge < -0.3 is 5.11 Å². The van der Waals surface area contributed by atoms with E-state index >= 15 is 0 Å². The van der Waals surface area contributed by atoms with Gasteiger partial charge in [-0.15, -0.1) is 0 Å². The summed E-state index contributed by atoms with van der Waals surface area (Å²) in [6, 6.07) is 20.1. The quantitative estimate of drug-likeness (QED) is 0.820. The second kappa shape index (κ2) is 7.06. The van der Waals surface area contributed by atoms with Gasteiger partial charge in [-0.3, -0.25) is 0 Å². The molecule has 1 atom stereocenters. The van der Waals surface area contributed by atoms with Crippen molar-refractivity contribution in [2.75, 3.05) is 0 Å². The molecule has 1 nitrogen and oxygen atoms in total. The number of hydrogen-bond donors (Lipinski definition) is 1. The number of rotatable bonds is 5. The van der Waals surface area contributed by atoms with Crippen LogP contribution in [0, 0.1) is 5.92 Å². The fraction of sp³-hybridized carbons (Fsp3) is 0.263. The van der Waals surface area contributed by atoms with Crippen LogP contribution in [0.5, 0.6) is 0 Å². The zero-order chi connectivity index (χ0) is 14.4. The van der Waals surface area contributed by atoms with Crippen molar-refractivity contribution < 1.29 is 5.11 Å². The summed E-state index contributed by atoms with van der Waals surface area (Å²) in [5.74, 6) is 0.560. The maximum atomic E-state index is 10.4. The Balaban J connectivity index is 2.29. The third-order valence-electron chi connectivity index (χ3n) is 3.27. The Morgan fingerprint density at radius 1 is 0.950 bits per heavy atom. The van der Waals surface area contributed by atoms with Crippen molar-refractivity contribution in [2.45, 2.75) is 26.4 Å². The molecule has 0 radical (unpaired) electrons. The molecule has 0 aliphatic carbocycles. The van der Waals surface area contributed by atoms with Crippen LogP contribution in [0.15, 0.2) is 66.7 Å². The Labute approximate surface area is 121 Å². The van der Waals surface area contributed by atoms with E-state index in [1.807, 2.05) is 54.6 Å². The molecule has 1 unspecified atom stereocenters. The third kappa shape index (κ3) is 4.07. The van der Waals surface area contributed by atoms with Crippen molar-refractivity contribution in [2.24, 2.45) is 5.92 Å². The average Bonchev–Trinajstić information content (AvgIpc) is 2.48. The van der Waals surface area contributed by atoms with E-state index in [0.717, 1.165) is 12.0 Å². The van der Waals surface area contributed by atoms with Gasteiger partial charge in [0, 0.05) is 0 Å². The van der Waals surface area contributed by atoms with E-state index in [9.17, 15) is 5.11 Å². The van der Waals surface area contributed by atoms with E-state index in [0.29, 0.717) is 5.92 Å². The molecule has 0 bridgehead atoms. The molecular weight excluding hydrogens is 244 g/mol. The first-order chi connectivity index (χ1) is 9.66. The van der Waals surface area contributed by atoms with Crippen LogP contribution in [0.2, 0.25) is 0 Å². The van der Waals surface area contributed by atoms with E-state index in [1.54, 1.807) is 0 Å². The first-order valence-electron chi connectivity index (χ1n) is 7.16. The topological polar surface area (TPSA) is 20.2 Å². The fourth-order valence-electron chi connectivity index (χ4n) is 2.31. The molecule has 20 heavy (non-hydrogen) atoms. The molecule has 0 aliphatic heterocycles. The molecule has 2 aromatic carbocycles. The average molecular weight is 266 g/mol. The highest BCUT2D eigenvalue weighted by Gasteiger charge is 2.09. The Hall–Kier alpha value is -1.86. The van der Waals surface area contributed by atoms with E-state index in [4.69, 9.17) is 0 Å². The van der Waals surface area contributed by atoms with E-state index in [1.165, 1.54) is 11.1 Å². The van der Waals surface area contributed by atoms with Crippen LogP contribution in [0.25, 0.3) is 5.57 Å². The summed E-state index contributed by atoms with van der Waals surface area (Å²) in [4.78, 5) is 0. The van der Waals surface area contributed by atoms with Crippen LogP contribution < -0.4 is 0 Å². The monoisotopic (exact) mass is 266 g/mol. The van der Waals surface area contributed by atoms with Crippen molar-refractivity contribution in [1.29, 1.82) is 0 Å². The predicted octanol–water partition coefficient (Wildman–Crippen LogP) is 4.85. The van der Waals surface area contributed by atoms with Crippen molar-refractivity contribution in [1.82, 2.24) is 0 Å². The summed E-state index contributed by atoms with van der Waals surface area (Å²) in [6.07, 6.45) is 2.39. The molecule has 0 aromatic heterocycles. The van der Waals surface area contributed by atoms with Gasteiger partial charge in [-0.25, -0.2) is 0 Å². The van der Waals surface area contributed by atoms with Gasteiger partial charge in [-0.05, 0) is 35.1 Å². The van der Waals surface area contributed by atoms with Gasteiger partial charge in [0.2, 0.25) is 0 Å². The molecule has 0 saturated carbocycles. The Morgan fingerprint density at radius 2 is 1.50 bits per heavy atom. The summed E-state index contributed by atoms with van der Waals surface area (Å²) in [7, 11) is 0. The zero-order valence-corrected chi connectivity index (χ0v) is 12.2. The standard InChI is InChI=1S/C19H22O/c1-15(2)13-18(16-9-5-3-6-10-16)14-19(20)17-11-7-4-8-12-17/h3-12,14-15,19-20H,13H2,1-2H3/b18-14-. The second-order valence-corrected chi connectivity index (χ2v) is 5.51. The highest BCUT2D eigenvalue weighted by atomic mass is 16.3. The Kier molecular flexibility index (Phi) is 5.14. The number of allylic oxidation sites excluding steroid dienone is 1. The van der Waals surface area contributed by atoms with Crippen molar-refractivity contribution >= 4 is 5.57 Å². The lowest BCUT2D eigenvalue weighted by atomic mass is 9.94. The molecule has 1 N–H and O–H groups in total. The van der Waals surface area contributed by atoms with Gasteiger partial charge in [-0.2, -0.15) is 0 Å². The molecule has 0 fully saturated rings. The minimum absolute atomic E-state index is 0.551. The van der Waals surface area contributed by atoms with Gasteiger partial charge in [0.1, 0.15) is 0 Å². The summed E-state index contributed by atoms with van der Waals surface area (Å²) in [6.45, 7) is 4.40. The van der Waals surface area contributed by atoms with Crippen LogP contribution in [0.3, 0.4) is 0 Å². The van der Waals surface area contributed by atoms with E-state index in [-0.39, 0.29) is 0 Å². The Bertz CT molecular complexity index is 540. The minimum Gasteiger partial charge on any atom is -0.384 e. The van der Waals surface area contributed by atoms with Crippen LogP contribution in [0.1, 0.15) is 37.5 Å². The van der Waals surface area contributed by atoms with Gasteiger partial charge >= 0.3 is 0 Å². The number of hydrogen-bond acceptors (Lipinski definition) is 1. The SMILES string of the molecule is CC(C)C/C(=C/C(O)c1ccccc1)c1ccccc1. The van der Waals surface area contributed by atoms with E-state index in [2.05, 4.69) is 26.0 Å². The molecule has 0 amide bonds. The van der Waals surface area contributed by atoms with Crippen molar-refractivity contribution in [3.8, 4) is 0 Å². The molecule has 0 aliphatic rings. The normalized spacial score (nSPS) is 13.5. The largest absolute Gasteiger partial charge is 0.384 e. The summed E-state index contributed by atoms with van der Waals surface area (Å²) < 4.78 is 0. The van der Waals surface area contributed by atoms with Gasteiger partial charge in [0.15, 0.2) is 0 Å². The minimum atomic E-state index is -0.551. The first-order valence-corrected chi connectivity index (χ1v) is 7.16. The molecule has 0 saturated heterocycles. The second-order valence-electron chi connectivity index (χ2n) is 5.51. The zero-order valence-electron chi connectivity index (χ0n) is 12.2. The molecule has 104 valence electrons. The van der Waals surface area contributed by atoms with Crippen LogP contribution in [-0.4, -0.2) is 5.11 Å². The van der Waals surface area contributed by atoms with Gasteiger partial charge in [0.25, 0.3) is 0 Å². The highest BCUT2D eigenvalue weighted by molar-refractivity contribution is 5.66.